The maximum Gasteiger partial charge on any atom is -0.147 e. The predicted octanol–water partition coefficient (Wildman–Crippen LogP) is 3.23. The van der Waals surface area contributed by atoms with Gasteiger partial charge in [-0.3, -0.25) is 0 Å². The zero-order valence-corrected chi connectivity index (χ0v) is 9.66. The summed E-state index contributed by atoms with van der Waals surface area (Å²) in [6, 6.07) is 0. The van der Waals surface area contributed by atoms with Crippen molar-refractivity contribution in [2.24, 2.45) is 11.8 Å². The molecule has 2 atom stereocenters. The average Bonchev–Trinajstić information content (AvgIpc) is 1.85. The molecular formula is C7H15Cl2Ti. The second-order valence-electron chi connectivity index (χ2n) is 3.12. The van der Waals surface area contributed by atoms with Gasteiger partial charge >= 0.3 is 63.2 Å². The first-order valence-electron chi connectivity index (χ1n) is 3.41. The summed E-state index contributed by atoms with van der Waals surface area (Å²) in [5, 5.41) is 0. The van der Waals surface area contributed by atoms with Crippen LogP contribution in [0.4, 0.5) is 0 Å². The SMILES string of the molecule is CC1C[CH]([Ti])CC1C.Cl.Cl. The van der Waals surface area contributed by atoms with Crippen molar-refractivity contribution in [1.82, 2.24) is 0 Å². The van der Waals surface area contributed by atoms with Gasteiger partial charge < -0.3 is 0 Å². The van der Waals surface area contributed by atoms with Crippen LogP contribution < -0.4 is 0 Å². The van der Waals surface area contributed by atoms with Gasteiger partial charge in [-0.15, -0.1) is 24.8 Å². The molecule has 0 aliphatic heterocycles. The van der Waals surface area contributed by atoms with E-state index in [0.29, 0.717) is 0 Å². The van der Waals surface area contributed by atoms with Crippen LogP contribution in [0.5, 0.6) is 0 Å². The normalized spacial score (nSPS) is 37.9. The van der Waals surface area contributed by atoms with E-state index >= 15 is 0 Å². The molecule has 0 saturated heterocycles. The summed E-state index contributed by atoms with van der Waals surface area (Å²) in [4.78, 5) is 0. The minimum Gasteiger partial charge on any atom is -0.147 e. The Hall–Kier alpha value is 1.29. The molecule has 0 bridgehead atoms. The molecule has 1 saturated carbocycles. The van der Waals surface area contributed by atoms with Crippen molar-refractivity contribution in [2.75, 3.05) is 0 Å². The first-order chi connectivity index (χ1) is 3.70. The molecule has 3 heteroatoms. The van der Waals surface area contributed by atoms with Gasteiger partial charge in [0.15, 0.2) is 0 Å². The van der Waals surface area contributed by atoms with Crippen LogP contribution in [0.1, 0.15) is 26.7 Å². The number of hydrogen-bond donors (Lipinski definition) is 0. The van der Waals surface area contributed by atoms with Gasteiger partial charge in [0.25, 0.3) is 0 Å². The third kappa shape index (κ3) is 3.62. The van der Waals surface area contributed by atoms with Crippen molar-refractivity contribution in [3.8, 4) is 0 Å². The topological polar surface area (TPSA) is 0 Å². The Bertz CT molecular complexity index is 77.7. The molecule has 2 unspecified atom stereocenters. The number of hydrogen-bond acceptors (Lipinski definition) is 0. The molecule has 0 aromatic rings. The van der Waals surface area contributed by atoms with Crippen LogP contribution in [0, 0.1) is 11.8 Å². The van der Waals surface area contributed by atoms with Crippen LogP contribution in [0.15, 0.2) is 0 Å². The van der Waals surface area contributed by atoms with E-state index in [1.54, 1.807) is 0 Å². The Kier molecular flexibility index (Phi) is 8.15. The van der Waals surface area contributed by atoms with E-state index in [1.807, 2.05) is 0 Å². The quantitative estimate of drug-likeness (QED) is 0.547. The third-order valence-electron chi connectivity index (χ3n) is 2.28. The molecule has 0 aromatic heterocycles. The zero-order chi connectivity index (χ0) is 6.15. The van der Waals surface area contributed by atoms with E-state index in [9.17, 15) is 0 Å². The molecule has 0 N–H and O–H groups in total. The molecule has 1 aliphatic rings. The monoisotopic (exact) mass is 217 g/mol. The molecular weight excluding hydrogens is 203 g/mol. The van der Waals surface area contributed by atoms with E-state index in [-0.39, 0.29) is 24.8 Å². The molecule has 0 heterocycles. The Morgan fingerprint density at radius 2 is 1.30 bits per heavy atom. The molecule has 1 rings (SSSR count). The van der Waals surface area contributed by atoms with Gasteiger partial charge in [-0.25, -0.2) is 0 Å². The summed E-state index contributed by atoms with van der Waals surface area (Å²) in [7, 11) is 0. The molecule has 0 aromatic carbocycles. The van der Waals surface area contributed by atoms with E-state index in [1.165, 1.54) is 12.8 Å². The zero-order valence-electron chi connectivity index (χ0n) is 6.46. The molecule has 0 nitrogen and oxygen atoms in total. The van der Waals surface area contributed by atoms with Crippen LogP contribution in [-0.4, -0.2) is 0 Å². The number of halogens is 2. The second-order valence-corrected chi connectivity index (χ2v) is 4.40. The standard InChI is InChI=1S/C7H13.2ClH.Ti/c1-6-4-3-5-7(6)2;;;/h3,6-7H,4-5H2,1-2H3;2*1H;. The van der Waals surface area contributed by atoms with E-state index in [4.69, 9.17) is 0 Å². The third-order valence-corrected chi connectivity index (χ3v) is 3.02. The fourth-order valence-electron chi connectivity index (χ4n) is 1.46. The Morgan fingerprint density at radius 3 is 1.40 bits per heavy atom. The summed E-state index contributed by atoms with van der Waals surface area (Å²) < 4.78 is 1.000. The molecule has 0 spiro atoms. The van der Waals surface area contributed by atoms with E-state index in [0.717, 1.165) is 16.1 Å². The summed E-state index contributed by atoms with van der Waals surface area (Å²) in [6.45, 7) is 4.74. The molecule has 0 radical (unpaired) electrons. The summed E-state index contributed by atoms with van der Waals surface area (Å²) in [6.07, 6.45) is 2.92. The first-order valence-corrected chi connectivity index (χ1v) is 4.31. The van der Waals surface area contributed by atoms with Crippen molar-refractivity contribution in [3.05, 3.63) is 0 Å². The van der Waals surface area contributed by atoms with Crippen molar-refractivity contribution >= 4 is 24.8 Å². The molecule has 1 aliphatic carbocycles. The fourth-order valence-corrected chi connectivity index (χ4v) is 2.62. The van der Waals surface area contributed by atoms with Crippen LogP contribution in [0.2, 0.25) is 4.22 Å². The van der Waals surface area contributed by atoms with E-state index in [2.05, 4.69) is 34.3 Å². The minimum absolute atomic E-state index is 0. The van der Waals surface area contributed by atoms with Gasteiger partial charge in [-0.2, -0.15) is 0 Å². The predicted molar refractivity (Wildman–Crippen MR) is 45.8 cm³/mol. The maximum atomic E-state index is 2.37. The minimum atomic E-state index is 0. The molecule has 1 fully saturated rings. The van der Waals surface area contributed by atoms with Gasteiger partial charge in [-0.1, -0.05) is 0 Å². The van der Waals surface area contributed by atoms with Gasteiger partial charge in [0.2, 0.25) is 0 Å². The summed E-state index contributed by atoms with van der Waals surface area (Å²) in [5.74, 6) is 1.98. The second kappa shape index (κ2) is 5.88. The van der Waals surface area contributed by atoms with Crippen molar-refractivity contribution in [2.45, 2.75) is 30.9 Å². The van der Waals surface area contributed by atoms with E-state index < -0.39 is 0 Å². The van der Waals surface area contributed by atoms with Crippen molar-refractivity contribution < 1.29 is 20.4 Å². The number of rotatable bonds is 0. The van der Waals surface area contributed by atoms with Crippen LogP contribution in [0.3, 0.4) is 0 Å². The van der Waals surface area contributed by atoms with Crippen LogP contribution >= 0.6 is 24.8 Å². The van der Waals surface area contributed by atoms with Gasteiger partial charge in [0, 0.05) is 0 Å². The van der Waals surface area contributed by atoms with Gasteiger partial charge in [0.05, 0.1) is 0 Å². The van der Waals surface area contributed by atoms with Crippen molar-refractivity contribution in [1.29, 1.82) is 0 Å². The molecule has 10 heavy (non-hydrogen) atoms. The van der Waals surface area contributed by atoms with Crippen LogP contribution in [-0.2, 0) is 20.4 Å². The maximum absolute atomic E-state index is 2.37. The molecule has 61 valence electrons. The Balaban J connectivity index is 0. The Labute approximate surface area is 87.8 Å². The smallest absolute Gasteiger partial charge is 0.147 e. The summed E-state index contributed by atoms with van der Waals surface area (Å²) in [5.41, 5.74) is 0. The van der Waals surface area contributed by atoms with Gasteiger partial charge in [0.1, 0.15) is 0 Å². The Morgan fingerprint density at radius 1 is 1.00 bits per heavy atom. The van der Waals surface area contributed by atoms with Gasteiger partial charge in [-0.05, 0) is 0 Å². The van der Waals surface area contributed by atoms with Crippen molar-refractivity contribution in [3.63, 3.8) is 0 Å². The summed E-state index contributed by atoms with van der Waals surface area (Å²) >= 11 is 2.36. The average molecular weight is 218 g/mol. The molecule has 0 amide bonds. The van der Waals surface area contributed by atoms with Crippen LogP contribution in [0.25, 0.3) is 0 Å². The first kappa shape index (κ1) is 13.9. The fraction of sp³-hybridized carbons (Fsp3) is 1.00. The largest absolute Gasteiger partial charge is 0.147 e.